The van der Waals surface area contributed by atoms with E-state index in [1.807, 2.05) is 60.7 Å². The van der Waals surface area contributed by atoms with Crippen molar-refractivity contribution in [1.82, 2.24) is 10.2 Å². The minimum absolute atomic E-state index is 0.000917. The molecule has 0 bridgehead atoms. The molecule has 4 rings (SSSR count). The number of hydrogen-bond acceptors (Lipinski definition) is 3. The Bertz CT molecular complexity index is 1110. The predicted octanol–water partition coefficient (Wildman–Crippen LogP) is 5.93. The second-order valence-corrected chi connectivity index (χ2v) is 10.7. The molecule has 1 aliphatic rings. The summed E-state index contributed by atoms with van der Waals surface area (Å²) in [5.74, 6) is 1.06. The van der Waals surface area contributed by atoms with Crippen molar-refractivity contribution in [3.8, 4) is 0 Å². The van der Waals surface area contributed by atoms with Gasteiger partial charge < -0.3 is 10.2 Å². The van der Waals surface area contributed by atoms with E-state index >= 15 is 0 Å². The van der Waals surface area contributed by atoms with Crippen molar-refractivity contribution in [2.24, 2.45) is 0 Å². The number of carbonyl (C=O) groups excluding carboxylic acids is 2. The molecule has 36 heavy (non-hydrogen) atoms. The highest BCUT2D eigenvalue weighted by Crippen LogP contribution is 2.21. The number of rotatable bonds is 11. The quantitative estimate of drug-likeness (QED) is 0.355. The molecular formula is C31H36N2O2S. The van der Waals surface area contributed by atoms with E-state index in [9.17, 15) is 9.59 Å². The molecule has 0 heterocycles. The fraction of sp³-hybridized carbons (Fsp3) is 0.355. The minimum atomic E-state index is -0.555. The molecule has 1 aliphatic carbocycles. The molecule has 0 aromatic heterocycles. The molecule has 5 heteroatoms. The lowest BCUT2D eigenvalue weighted by Crippen LogP contribution is -2.52. The van der Waals surface area contributed by atoms with E-state index in [2.05, 4.69) is 36.5 Å². The molecular weight excluding hydrogens is 464 g/mol. The van der Waals surface area contributed by atoms with Gasteiger partial charge >= 0.3 is 0 Å². The Balaban J connectivity index is 1.54. The van der Waals surface area contributed by atoms with E-state index in [1.54, 1.807) is 16.7 Å². The van der Waals surface area contributed by atoms with E-state index in [-0.39, 0.29) is 17.9 Å². The van der Waals surface area contributed by atoms with Crippen LogP contribution in [0.25, 0.3) is 0 Å². The van der Waals surface area contributed by atoms with Gasteiger partial charge in [-0.05, 0) is 36.5 Å². The lowest BCUT2D eigenvalue weighted by molar-refractivity contribution is -0.139. The third-order valence-electron chi connectivity index (χ3n) is 6.75. The molecule has 2 amide bonds. The Morgan fingerprint density at radius 3 is 2.19 bits per heavy atom. The molecule has 1 saturated carbocycles. The predicted molar refractivity (Wildman–Crippen MR) is 149 cm³/mol. The fourth-order valence-electron chi connectivity index (χ4n) is 4.84. The zero-order valence-electron chi connectivity index (χ0n) is 21.1. The number of nitrogens with zero attached hydrogens (tertiary/aromatic N) is 1. The average Bonchev–Trinajstić information content (AvgIpc) is 3.40. The van der Waals surface area contributed by atoms with Crippen LogP contribution in [0.4, 0.5) is 0 Å². The molecule has 1 atom stereocenters. The Labute approximate surface area is 219 Å². The second kappa shape index (κ2) is 13.3. The standard InChI is InChI=1S/C31H36N2O2S/c1-24-11-10-16-27(19-24)22-36-23-30(34)33(21-26-14-6-3-7-15-26)29(20-25-12-4-2-5-13-25)31(35)32-28-17-8-9-18-28/h2-7,10-16,19,28-29H,8-9,17-18,20-23H2,1H3,(H,32,35)/t29-/m0/s1. The molecule has 1 fully saturated rings. The summed E-state index contributed by atoms with van der Waals surface area (Å²) in [5, 5.41) is 3.27. The zero-order chi connectivity index (χ0) is 25.2. The van der Waals surface area contributed by atoms with Gasteiger partial charge in [-0.2, -0.15) is 0 Å². The molecule has 0 unspecified atom stereocenters. The molecule has 3 aromatic rings. The number of nitrogens with one attached hydrogen (secondary N) is 1. The van der Waals surface area contributed by atoms with Gasteiger partial charge in [0.1, 0.15) is 6.04 Å². The smallest absolute Gasteiger partial charge is 0.243 e. The average molecular weight is 501 g/mol. The SMILES string of the molecule is Cc1cccc(CSCC(=O)N(Cc2ccccc2)[C@@H](Cc2ccccc2)C(=O)NC2CCCC2)c1. The van der Waals surface area contributed by atoms with Gasteiger partial charge in [-0.1, -0.05) is 103 Å². The van der Waals surface area contributed by atoms with Crippen molar-refractivity contribution >= 4 is 23.6 Å². The van der Waals surface area contributed by atoms with Crippen molar-refractivity contribution in [3.63, 3.8) is 0 Å². The number of benzene rings is 3. The van der Waals surface area contributed by atoms with E-state index in [4.69, 9.17) is 0 Å². The maximum absolute atomic E-state index is 13.7. The molecule has 0 aliphatic heterocycles. The summed E-state index contributed by atoms with van der Waals surface area (Å²) < 4.78 is 0. The molecule has 188 valence electrons. The lowest BCUT2D eigenvalue weighted by Gasteiger charge is -2.32. The van der Waals surface area contributed by atoms with Gasteiger partial charge in [-0.3, -0.25) is 9.59 Å². The lowest BCUT2D eigenvalue weighted by atomic mass is 10.0. The van der Waals surface area contributed by atoms with Crippen molar-refractivity contribution in [2.75, 3.05) is 5.75 Å². The van der Waals surface area contributed by atoms with Crippen LogP contribution in [0.15, 0.2) is 84.9 Å². The third kappa shape index (κ3) is 7.72. The minimum Gasteiger partial charge on any atom is -0.352 e. The third-order valence-corrected chi connectivity index (χ3v) is 7.73. The van der Waals surface area contributed by atoms with Crippen molar-refractivity contribution in [1.29, 1.82) is 0 Å². The summed E-state index contributed by atoms with van der Waals surface area (Å²) in [5.41, 5.74) is 4.52. The van der Waals surface area contributed by atoms with E-state index in [1.165, 1.54) is 11.1 Å². The summed E-state index contributed by atoms with van der Waals surface area (Å²) in [7, 11) is 0. The van der Waals surface area contributed by atoms with Gasteiger partial charge in [-0.15, -0.1) is 11.8 Å². The Hall–Kier alpha value is -3.05. The summed E-state index contributed by atoms with van der Waals surface area (Å²) in [6, 6.07) is 28.1. The van der Waals surface area contributed by atoms with Crippen LogP contribution in [0.5, 0.6) is 0 Å². The topological polar surface area (TPSA) is 49.4 Å². The molecule has 0 spiro atoms. The summed E-state index contributed by atoms with van der Waals surface area (Å²) in [4.78, 5) is 29.2. The van der Waals surface area contributed by atoms with Crippen LogP contribution in [0.3, 0.4) is 0 Å². The first-order valence-corrected chi connectivity index (χ1v) is 14.0. The molecule has 3 aromatic carbocycles. The van der Waals surface area contributed by atoms with Crippen molar-refractivity contribution < 1.29 is 9.59 Å². The Kier molecular flexibility index (Phi) is 9.62. The maximum Gasteiger partial charge on any atom is 0.243 e. The molecule has 1 N–H and O–H groups in total. The van der Waals surface area contributed by atoms with E-state index in [0.29, 0.717) is 18.7 Å². The summed E-state index contributed by atoms with van der Waals surface area (Å²) >= 11 is 1.61. The highest BCUT2D eigenvalue weighted by atomic mass is 32.2. The van der Waals surface area contributed by atoms with Crippen LogP contribution in [0, 0.1) is 6.92 Å². The fourth-order valence-corrected chi connectivity index (χ4v) is 5.70. The van der Waals surface area contributed by atoms with Gasteiger partial charge in [0.2, 0.25) is 11.8 Å². The second-order valence-electron chi connectivity index (χ2n) is 9.68. The van der Waals surface area contributed by atoms with Gasteiger partial charge in [0.15, 0.2) is 0 Å². The van der Waals surface area contributed by atoms with Gasteiger partial charge in [0.05, 0.1) is 5.75 Å². The summed E-state index contributed by atoms with van der Waals surface area (Å²) in [6.45, 7) is 2.50. The van der Waals surface area contributed by atoms with Crippen molar-refractivity contribution in [2.45, 2.75) is 63.4 Å². The first-order chi connectivity index (χ1) is 17.6. The van der Waals surface area contributed by atoms with Gasteiger partial charge in [-0.25, -0.2) is 0 Å². The Morgan fingerprint density at radius 1 is 0.889 bits per heavy atom. The number of amides is 2. The zero-order valence-corrected chi connectivity index (χ0v) is 21.9. The number of aryl methyl sites for hydroxylation is 1. The van der Waals surface area contributed by atoms with E-state index < -0.39 is 6.04 Å². The molecule has 0 saturated heterocycles. The molecule has 0 radical (unpaired) electrons. The van der Waals surface area contributed by atoms with Crippen molar-refractivity contribution in [3.05, 3.63) is 107 Å². The molecule has 4 nitrogen and oxygen atoms in total. The van der Waals surface area contributed by atoms with Gasteiger partial charge in [0.25, 0.3) is 0 Å². The number of carbonyl (C=O) groups is 2. The number of thioether (sulfide) groups is 1. The van der Waals surface area contributed by atoms with Crippen LogP contribution >= 0.6 is 11.8 Å². The van der Waals surface area contributed by atoms with Crippen LogP contribution in [-0.4, -0.2) is 34.6 Å². The first-order valence-electron chi connectivity index (χ1n) is 12.9. The normalized spacial score (nSPS) is 14.4. The first kappa shape index (κ1) is 26.0. The Morgan fingerprint density at radius 2 is 1.53 bits per heavy atom. The monoisotopic (exact) mass is 500 g/mol. The summed E-state index contributed by atoms with van der Waals surface area (Å²) in [6.07, 6.45) is 4.83. The highest BCUT2D eigenvalue weighted by molar-refractivity contribution is 7.99. The maximum atomic E-state index is 13.7. The van der Waals surface area contributed by atoms with Crippen LogP contribution < -0.4 is 5.32 Å². The number of hydrogen-bond donors (Lipinski definition) is 1. The van der Waals surface area contributed by atoms with E-state index in [0.717, 1.165) is 42.6 Å². The largest absolute Gasteiger partial charge is 0.352 e. The van der Waals surface area contributed by atoms with Crippen LogP contribution in [0.1, 0.15) is 47.9 Å². The van der Waals surface area contributed by atoms with Gasteiger partial charge in [0, 0.05) is 24.8 Å². The van der Waals surface area contributed by atoms with Crippen LogP contribution in [0.2, 0.25) is 0 Å². The van der Waals surface area contributed by atoms with Crippen LogP contribution in [-0.2, 0) is 28.3 Å². The highest BCUT2D eigenvalue weighted by Gasteiger charge is 2.32.